The molecular formula is C29H36N6O. The van der Waals surface area contributed by atoms with E-state index in [1.165, 1.54) is 5.56 Å². The van der Waals surface area contributed by atoms with Gasteiger partial charge in [-0.3, -0.25) is 14.7 Å². The molecule has 0 unspecified atom stereocenters. The number of amides is 1. The molecule has 36 heavy (non-hydrogen) atoms. The second-order valence-corrected chi connectivity index (χ2v) is 10.1. The van der Waals surface area contributed by atoms with Crippen LogP contribution in [0.3, 0.4) is 0 Å². The van der Waals surface area contributed by atoms with Gasteiger partial charge in [-0.2, -0.15) is 0 Å². The molecule has 1 aromatic carbocycles. The van der Waals surface area contributed by atoms with Crippen LogP contribution < -0.4 is 16.0 Å². The molecule has 1 amide bonds. The van der Waals surface area contributed by atoms with E-state index in [0.29, 0.717) is 6.04 Å². The van der Waals surface area contributed by atoms with Crippen molar-refractivity contribution in [2.45, 2.75) is 51.2 Å². The molecule has 0 radical (unpaired) electrons. The molecule has 7 nitrogen and oxygen atoms in total. The number of nitrogens with two attached hydrogens (primary N) is 1. The van der Waals surface area contributed by atoms with E-state index in [-0.39, 0.29) is 11.9 Å². The molecule has 2 saturated heterocycles. The van der Waals surface area contributed by atoms with Crippen molar-refractivity contribution in [2.24, 2.45) is 5.73 Å². The minimum Gasteiger partial charge on any atom is -0.356 e. The quantitative estimate of drug-likeness (QED) is 0.554. The number of rotatable bonds is 6. The fraction of sp³-hybridized carbons (Fsp3) is 0.414. The van der Waals surface area contributed by atoms with Gasteiger partial charge in [-0.05, 0) is 80.6 Å². The van der Waals surface area contributed by atoms with Gasteiger partial charge in [0.1, 0.15) is 5.82 Å². The zero-order chi connectivity index (χ0) is 24.9. The van der Waals surface area contributed by atoms with Crippen LogP contribution in [0.5, 0.6) is 0 Å². The summed E-state index contributed by atoms with van der Waals surface area (Å²) in [4.78, 5) is 26.9. The summed E-state index contributed by atoms with van der Waals surface area (Å²) in [7, 11) is 0. The summed E-state index contributed by atoms with van der Waals surface area (Å²) in [6.07, 6.45) is 9.57. The highest BCUT2D eigenvalue weighted by molar-refractivity contribution is 5.97. The second-order valence-electron chi connectivity index (χ2n) is 10.1. The van der Waals surface area contributed by atoms with Gasteiger partial charge < -0.3 is 16.0 Å². The molecule has 4 heterocycles. The number of carbonyl (C=O) groups is 1. The SMILES string of the molecule is Cc1c(C(=O)NC2CCN(c3ccc(CN4CCC(N)CC4)cn3)CC2)cccc1-c1cccnc1. The Labute approximate surface area is 213 Å². The van der Waals surface area contributed by atoms with E-state index in [4.69, 9.17) is 10.7 Å². The monoisotopic (exact) mass is 484 g/mol. The van der Waals surface area contributed by atoms with Gasteiger partial charge in [0.2, 0.25) is 0 Å². The molecular weight excluding hydrogens is 448 g/mol. The third-order valence-electron chi connectivity index (χ3n) is 7.55. The maximum absolute atomic E-state index is 13.1. The zero-order valence-electron chi connectivity index (χ0n) is 21.1. The van der Waals surface area contributed by atoms with Crippen LogP contribution in [0, 0.1) is 6.92 Å². The smallest absolute Gasteiger partial charge is 0.251 e. The molecule has 3 aromatic rings. The number of hydrogen-bond acceptors (Lipinski definition) is 6. The van der Waals surface area contributed by atoms with Crippen molar-refractivity contribution in [3.8, 4) is 11.1 Å². The van der Waals surface area contributed by atoms with Crippen molar-refractivity contribution in [1.82, 2.24) is 20.2 Å². The van der Waals surface area contributed by atoms with E-state index in [9.17, 15) is 4.79 Å². The largest absolute Gasteiger partial charge is 0.356 e. The fourth-order valence-electron chi connectivity index (χ4n) is 5.30. The van der Waals surface area contributed by atoms with Crippen molar-refractivity contribution < 1.29 is 4.79 Å². The molecule has 0 aliphatic carbocycles. The lowest BCUT2D eigenvalue weighted by atomic mass is 9.96. The number of piperidine rings is 2. The predicted molar refractivity (Wildman–Crippen MR) is 144 cm³/mol. The van der Waals surface area contributed by atoms with E-state index in [1.807, 2.05) is 49.6 Å². The molecule has 188 valence electrons. The maximum Gasteiger partial charge on any atom is 0.251 e. The van der Waals surface area contributed by atoms with Gasteiger partial charge in [0.05, 0.1) is 0 Å². The Kier molecular flexibility index (Phi) is 7.58. The second kappa shape index (κ2) is 11.2. The predicted octanol–water partition coefficient (Wildman–Crippen LogP) is 3.77. The van der Waals surface area contributed by atoms with Gasteiger partial charge >= 0.3 is 0 Å². The van der Waals surface area contributed by atoms with Crippen LogP contribution in [0.4, 0.5) is 5.82 Å². The molecule has 5 rings (SSSR count). The van der Waals surface area contributed by atoms with Gasteiger partial charge in [-0.1, -0.05) is 24.3 Å². The number of nitrogens with zero attached hydrogens (tertiary/aromatic N) is 4. The summed E-state index contributed by atoms with van der Waals surface area (Å²) < 4.78 is 0. The number of carbonyl (C=O) groups excluding carboxylic acids is 1. The number of hydrogen-bond donors (Lipinski definition) is 2. The number of aromatic nitrogens is 2. The Balaban J connectivity index is 1.14. The van der Waals surface area contributed by atoms with Gasteiger partial charge in [-0.15, -0.1) is 0 Å². The van der Waals surface area contributed by atoms with Gasteiger partial charge in [-0.25, -0.2) is 4.98 Å². The highest BCUT2D eigenvalue weighted by Crippen LogP contribution is 2.26. The third-order valence-corrected chi connectivity index (χ3v) is 7.55. The lowest BCUT2D eigenvalue weighted by molar-refractivity contribution is 0.0930. The number of likely N-dealkylation sites (tertiary alicyclic amines) is 1. The van der Waals surface area contributed by atoms with E-state index >= 15 is 0 Å². The lowest BCUT2D eigenvalue weighted by Crippen LogP contribution is -2.45. The van der Waals surface area contributed by atoms with Gasteiger partial charge in [0.15, 0.2) is 0 Å². The van der Waals surface area contributed by atoms with Gasteiger partial charge in [0.25, 0.3) is 5.91 Å². The Morgan fingerprint density at radius 1 is 1.00 bits per heavy atom. The number of benzene rings is 1. The normalized spacial score (nSPS) is 17.8. The average Bonchev–Trinajstić information content (AvgIpc) is 2.91. The van der Waals surface area contributed by atoms with Crippen molar-refractivity contribution in [2.75, 3.05) is 31.1 Å². The van der Waals surface area contributed by atoms with Crippen LogP contribution in [0.1, 0.15) is 47.2 Å². The maximum atomic E-state index is 13.1. The van der Waals surface area contributed by atoms with E-state index < -0.39 is 0 Å². The molecule has 2 aliphatic heterocycles. The van der Waals surface area contributed by atoms with Crippen LogP contribution in [-0.2, 0) is 6.54 Å². The fourth-order valence-corrected chi connectivity index (χ4v) is 5.30. The average molecular weight is 485 g/mol. The van der Waals surface area contributed by atoms with Gasteiger partial charge in [0, 0.05) is 61.4 Å². The highest BCUT2D eigenvalue weighted by atomic mass is 16.1. The summed E-state index contributed by atoms with van der Waals surface area (Å²) >= 11 is 0. The molecule has 7 heteroatoms. The highest BCUT2D eigenvalue weighted by Gasteiger charge is 2.23. The first-order valence-electron chi connectivity index (χ1n) is 13.1. The van der Waals surface area contributed by atoms with Crippen molar-refractivity contribution in [3.05, 3.63) is 77.7 Å². The summed E-state index contributed by atoms with van der Waals surface area (Å²) in [6.45, 7) is 6.85. The van der Waals surface area contributed by atoms with Crippen LogP contribution >= 0.6 is 0 Å². The Hall–Kier alpha value is -3.29. The summed E-state index contributed by atoms with van der Waals surface area (Å²) in [5.41, 5.74) is 11.1. The van der Waals surface area contributed by atoms with E-state index in [2.05, 4.69) is 32.2 Å². The third kappa shape index (κ3) is 5.74. The first kappa shape index (κ1) is 24.4. The van der Waals surface area contributed by atoms with Crippen molar-refractivity contribution in [3.63, 3.8) is 0 Å². The summed E-state index contributed by atoms with van der Waals surface area (Å²) in [5, 5.41) is 3.27. The summed E-state index contributed by atoms with van der Waals surface area (Å²) in [5.74, 6) is 1.02. The Bertz CT molecular complexity index is 1150. The lowest BCUT2D eigenvalue weighted by Gasteiger charge is -2.33. The molecule has 2 fully saturated rings. The first-order valence-corrected chi connectivity index (χ1v) is 13.1. The summed E-state index contributed by atoms with van der Waals surface area (Å²) in [6, 6.07) is 14.7. The minimum atomic E-state index is -0.00200. The molecule has 0 atom stereocenters. The van der Waals surface area contributed by atoms with Crippen LogP contribution in [0.2, 0.25) is 0 Å². The molecule has 0 spiro atoms. The standard InChI is InChI=1S/C29H36N6O/c1-21-26(23-4-3-13-31-19-23)5-2-6-27(21)29(36)33-25-11-16-35(17-12-25)28-8-7-22(18-32-28)20-34-14-9-24(30)10-15-34/h2-8,13,18-19,24-25H,9-12,14-17,20,30H2,1H3,(H,33,36). The molecule has 2 aliphatic rings. The molecule has 2 aromatic heterocycles. The van der Waals surface area contributed by atoms with Crippen LogP contribution in [-0.4, -0.2) is 59.0 Å². The van der Waals surface area contributed by atoms with E-state index in [1.54, 1.807) is 6.20 Å². The van der Waals surface area contributed by atoms with Crippen molar-refractivity contribution >= 4 is 11.7 Å². The van der Waals surface area contributed by atoms with Crippen LogP contribution in [0.25, 0.3) is 11.1 Å². The molecule has 0 saturated carbocycles. The Morgan fingerprint density at radius 2 is 1.81 bits per heavy atom. The molecule has 3 N–H and O–H groups in total. The van der Waals surface area contributed by atoms with Crippen LogP contribution in [0.15, 0.2) is 61.1 Å². The number of pyridine rings is 2. The molecule has 0 bridgehead atoms. The number of anilines is 1. The zero-order valence-corrected chi connectivity index (χ0v) is 21.1. The van der Waals surface area contributed by atoms with E-state index in [0.717, 1.165) is 86.5 Å². The number of nitrogens with one attached hydrogen (secondary N) is 1. The topological polar surface area (TPSA) is 87.4 Å². The van der Waals surface area contributed by atoms with Crippen molar-refractivity contribution in [1.29, 1.82) is 0 Å². The minimum absolute atomic E-state index is 0.00200. The Morgan fingerprint density at radius 3 is 2.50 bits per heavy atom. The first-order chi connectivity index (χ1) is 17.6.